The Labute approximate surface area is 147 Å². The van der Waals surface area contributed by atoms with Crippen molar-refractivity contribution < 1.29 is 13.2 Å². The van der Waals surface area contributed by atoms with Crippen molar-refractivity contribution >= 4 is 27.5 Å². The van der Waals surface area contributed by atoms with Gasteiger partial charge in [-0.1, -0.05) is 6.07 Å². The Morgan fingerprint density at radius 3 is 2.68 bits per heavy atom. The largest absolute Gasteiger partial charge is 0.379 e. The van der Waals surface area contributed by atoms with Crippen molar-refractivity contribution in [2.45, 2.75) is 4.90 Å². The number of sulfonamides is 1. The van der Waals surface area contributed by atoms with Gasteiger partial charge in [-0.2, -0.15) is 9.29 Å². The van der Waals surface area contributed by atoms with Gasteiger partial charge in [0, 0.05) is 39.1 Å². The Kier molecular flexibility index (Phi) is 5.16. The number of aromatic nitrogens is 2. The molecule has 3 rings (SSSR count). The number of nitrogens with one attached hydrogen (secondary N) is 1. The summed E-state index contributed by atoms with van der Waals surface area (Å²) in [6.07, 6.45) is 1.65. The third-order valence-electron chi connectivity index (χ3n) is 3.80. The molecule has 0 radical (unpaired) electrons. The van der Waals surface area contributed by atoms with Crippen LogP contribution in [0.4, 0.5) is 17.5 Å². The maximum absolute atomic E-state index is 12.7. The summed E-state index contributed by atoms with van der Waals surface area (Å²) in [5.74, 6) is 1.17. The van der Waals surface area contributed by atoms with Crippen LogP contribution in [-0.2, 0) is 14.8 Å². The molecule has 2 heterocycles. The molecule has 0 bridgehead atoms. The smallest absolute Gasteiger partial charge is 0.243 e. The van der Waals surface area contributed by atoms with Crippen molar-refractivity contribution in [2.24, 2.45) is 0 Å². The average Bonchev–Trinajstić information content (AvgIpc) is 2.63. The van der Waals surface area contributed by atoms with Crippen molar-refractivity contribution in [3.05, 3.63) is 36.5 Å². The Balaban J connectivity index is 1.83. The van der Waals surface area contributed by atoms with Crippen LogP contribution in [-0.4, -0.2) is 63.1 Å². The first kappa shape index (κ1) is 17.6. The van der Waals surface area contributed by atoms with Gasteiger partial charge in [0.15, 0.2) is 0 Å². The molecule has 9 heteroatoms. The van der Waals surface area contributed by atoms with E-state index in [1.165, 1.54) is 4.31 Å². The Morgan fingerprint density at radius 2 is 1.96 bits per heavy atom. The van der Waals surface area contributed by atoms with E-state index in [1.807, 2.05) is 19.0 Å². The van der Waals surface area contributed by atoms with Gasteiger partial charge in [-0.15, -0.1) is 0 Å². The molecule has 2 aromatic rings. The normalized spacial score (nSPS) is 15.8. The molecule has 0 saturated carbocycles. The molecule has 8 nitrogen and oxygen atoms in total. The second-order valence-electron chi connectivity index (χ2n) is 5.80. The lowest BCUT2D eigenvalue weighted by Gasteiger charge is -2.26. The number of hydrogen-bond donors (Lipinski definition) is 1. The van der Waals surface area contributed by atoms with Crippen LogP contribution in [0.15, 0.2) is 41.4 Å². The summed E-state index contributed by atoms with van der Waals surface area (Å²) >= 11 is 0. The van der Waals surface area contributed by atoms with Crippen LogP contribution < -0.4 is 10.2 Å². The first-order chi connectivity index (χ1) is 12.0. The zero-order valence-electron chi connectivity index (χ0n) is 14.2. The van der Waals surface area contributed by atoms with Crippen LogP contribution in [0.5, 0.6) is 0 Å². The van der Waals surface area contributed by atoms with Gasteiger partial charge in [-0.3, -0.25) is 0 Å². The van der Waals surface area contributed by atoms with Gasteiger partial charge in [0.2, 0.25) is 16.0 Å². The lowest BCUT2D eigenvalue weighted by Crippen LogP contribution is -2.40. The topological polar surface area (TPSA) is 87.7 Å². The van der Waals surface area contributed by atoms with Crippen molar-refractivity contribution in [1.82, 2.24) is 14.3 Å². The van der Waals surface area contributed by atoms with E-state index in [4.69, 9.17) is 4.74 Å². The zero-order chi connectivity index (χ0) is 17.9. The van der Waals surface area contributed by atoms with Gasteiger partial charge in [-0.05, 0) is 24.3 Å². The SMILES string of the molecule is CN(C)c1ccnc(Nc2cccc(S(=O)(=O)N3CCOCC3)c2)n1. The number of morpholine rings is 1. The van der Waals surface area contributed by atoms with E-state index in [-0.39, 0.29) is 4.90 Å². The van der Waals surface area contributed by atoms with Gasteiger partial charge in [0.05, 0.1) is 18.1 Å². The van der Waals surface area contributed by atoms with Crippen LogP contribution in [0.2, 0.25) is 0 Å². The van der Waals surface area contributed by atoms with Crippen molar-refractivity contribution in [3.8, 4) is 0 Å². The van der Waals surface area contributed by atoms with Gasteiger partial charge in [0.25, 0.3) is 0 Å². The summed E-state index contributed by atoms with van der Waals surface area (Å²) in [7, 11) is 0.247. The molecule has 0 spiro atoms. The van der Waals surface area contributed by atoms with Crippen LogP contribution in [0.1, 0.15) is 0 Å². The van der Waals surface area contributed by atoms with Crippen LogP contribution in [0.3, 0.4) is 0 Å². The van der Waals surface area contributed by atoms with Gasteiger partial charge >= 0.3 is 0 Å². The molecule has 1 fully saturated rings. The fourth-order valence-corrected chi connectivity index (χ4v) is 3.91. The van der Waals surface area contributed by atoms with Crippen LogP contribution in [0.25, 0.3) is 0 Å². The monoisotopic (exact) mass is 363 g/mol. The molecule has 0 unspecified atom stereocenters. The second-order valence-corrected chi connectivity index (χ2v) is 7.74. The molecular formula is C16H21N5O3S. The number of hydrogen-bond acceptors (Lipinski definition) is 7. The predicted octanol–water partition coefficient (Wildman–Crippen LogP) is 1.31. The highest BCUT2D eigenvalue weighted by Gasteiger charge is 2.26. The Morgan fingerprint density at radius 1 is 1.20 bits per heavy atom. The first-order valence-corrected chi connectivity index (χ1v) is 9.36. The summed E-state index contributed by atoms with van der Waals surface area (Å²) in [5, 5.41) is 3.06. The van der Waals surface area contributed by atoms with Crippen LogP contribution in [0, 0.1) is 0 Å². The van der Waals surface area contributed by atoms with Crippen molar-refractivity contribution in [2.75, 3.05) is 50.6 Å². The molecule has 1 aliphatic rings. The minimum Gasteiger partial charge on any atom is -0.379 e. The van der Waals surface area contributed by atoms with Gasteiger partial charge in [-0.25, -0.2) is 13.4 Å². The molecular weight excluding hydrogens is 342 g/mol. The quantitative estimate of drug-likeness (QED) is 0.857. The van der Waals surface area contributed by atoms with E-state index in [0.717, 1.165) is 5.82 Å². The third-order valence-corrected chi connectivity index (χ3v) is 5.69. The lowest BCUT2D eigenvalue weighted by atomic mass is 10.3. The Hall–Kier alpha value is -2.23. The molecule has 1 aliphatic heterocycles. The fourth-order valence-electron chi connectivity index (χ4n) is 2.46. The highest BCUT2D eigenvalue weighted by molar-refractivity contribution is 7.89. The zero-order valence-corrected chi connectivity index (χ0v) is 15.0. The highest BCUT2D eigenvalue weighted by atomic mass is 32.2. The second kappa shape index (κ2) is 7.34. The van der Waals surface area contributed by atoms with Gasteiger partial charge < -0.3 is 15.0 Å². The lowest BCUT2D eigenvalue weighted by molar-refractivity contribution is 0.0730. The maximum atomic E-state index is 12.7. The fraction of sp³-hybridized carbons (Fsp3) is 0.375. The first-order valence-electron chi connectivity index (χ1n) is 7.92. The maximum Gasteiger partial charge on any atom is 0.243 e. The summed E-state index contributed by atoms with van der Waals surface area (Å²) in [6, 6.07) is 8.46. The summed E-state index contributed by atoms with van der Waals surface area (Å²) in [5.41, 5.74) is 0.616. The van der Waals surface area contributed by atoms with Crippen molar-refractivity contribution in [1.29, 1.82) is 0 Å². The number of rotatable bonds is 5. The van der Waals surface area contributed by atoms with E-state index in [0.29, 0.717) is 37.9 Å². The summed E-state index contributed by atoms with van der Waals surface area (Å²) in [6.45, 7) is 1.58. The van der Waals surface area contributed by atoms with E-state index < -0.39 is 10.0 Å². The number of benzene rings is 1. The molecule has 1 aromatic heterocycles. The van der Waals surface area contributed by atoms with Gasteiger partial charge in [0.1, 0.15) is 5.82 Å². The molecule has 1 N–H and O–H groups in total. The molecule has 0 atom stereocenters. The number of anilines is 3. The minimum absolute atomic E-state index is 0.239. The van der Waals surface area contributed by atoms with Crippen molar-refractivity contribution in [3.63, 3.8) is 0 Å². The Bertz CT molecular complexity index is 835. The molecule has 1 aromatic carbocycles. The number of ether oxygens (including phenoxy) is 1. The molecule has 25 heavy (non-hydrogen) atoms. The third kappa shape index (κ3) is 4.06. The molecule has 134 valence electrons. The average molecular weight is 363 g/mol. The highest BCUT2D eigenvalue weighted by Crippen LogP contribution is 2.22. The minimum atomic E-state index is -3.53. The standard InChI is InChI=1S/C16H21N5O3S/c1-20(2)15-6-7-17-16(19-15)18-13-4-3-5-14(12-13)25(22,23)21-8-10-24-11-9-21/h3-7,12H,8-11H2,1-2H3,(H,17,18,19). The summed E-state index contributed by atoms with van der Waals surface area (Å²) in [4.78, 5) is 10.7. The van der Waals surface area contributed by atoms with E-state index in [2.05, 4.69) is 15.3 Å². The van der Waals surface area contributed by atoms with E-state index in [9.17, 15) is 8.42 Å². The van der Waals surface area contributed by atoms with E-state index >= 15 is 0 Å². The molecule has 1 saturated heterocycles. The van der Waals surface area contributed by atoms with E-state index in [1.54, 1.807) is 36.5 Å². The molecule has 0 aliphatic carbocycles. The number of nitrogens with zero attached hydrogens (tertiary/aromatic N) is 4. The summed E-state index contributed by atoms with van der Waals surface area (Å²) < 4.78 is 32.1. The van der Waals surface area contributed by atoms with Crippen LogP contribution >= 0.6 is 0 Å². The molecule has 0 amide bonds. The predicted molar refractivity (Wildman–Crippen MR) is 95.7 cm³/mol.